The Morgan fingerprint density at radius 1 is 1.07 bits per heavy atom. The first kappa shape index (κ1) is 26.2. The van der Waals surface area contributed by atoms with E-state index in [9.17, 15) is 9.18 Å². The van der Waals surface area contributed by atoms with Gasteiger partial charge in [0, 0.05) is 70.3 Å². The third-order valence-corrected chi connectivity index (χ3v) is 7.84. The highest BCUT2D eigenvalue weighted by molar-refractivity contribution is 6.12. The van der Waals surface area contributed by atoms with Crippen molar-refractivity contribution in [2.45, 2.75) is 26.4 Å². The number of allylic oxidation sites excluding steroid dienone is 3. The fraction of sp³-hybridized carbons (Fsp3) is 0.323. The maximum atomic E-state index is 14.1. The molecule has 2 aliphatic heterocycles. The Morgan fingerprint density at radius 3 is 2.77 bits per heavy atom. The predicted octanol–water partition coefficient (Wildman–Crippen LogP) is 4.38. The zero-order valence-corrected chi connectivity index (χ0v) is 22.7. The van der Waals surface area contributed by atoms with Crippen LogP contribution in [0.3, 0.4) is 0 Å². The van der Waals surface area contributed by atoms with Crippen LogP contribution in [-0.4, -0.2) is 64.9 Å². The van der Waals surface area contributed by atoms with Crippen LogP contribution in [0.2, 0.25) is 0 Å². The van der Waals surface area contributed by atoms with Gasteiger partial charge in [-0.25, -0.2) is 14.4 Å². The summed E-state index contributed by atoms with van der Waals surface area (Å²) in [6.45, 7) is 8.89. The number of nitrogens with one attached hydrogen (secondary N) is 2. The summed E-state index contributed by atoms with van der Waals surface area (Å²) in [6, 6.07) is 10.1. The van der Waals surface area contributed by atoms with Gasteiger partial charge in [-0.1, -0.05) is 18.2 Å². The predicted molar refractivity (Wildman–Crippen MR) is 155 cm³/mol. The second-order valence-electron chi connectivity index (χ2n) is 10.5. The molecule has 0 spiro atoms. The van der Waals surface area contributed by atoms with Gasteiger partial charge in [0.05, 0.1) is 17.8 Å². The van der Waals surface area contributed by atoms with Gasteiger partial charge in [0.25, 0.3) is 5.91 Å². The Morgan fingerprint density at radius 2 is 1.95 bits per heavy atom. The fourth-order valence-corrected chi connectivity index (χ4v) is 5.47. The highest BCUT2D eigenvalue weighted by atomic mass is 19.1. The third kappa shape index (κ3) is 5.61. The number of hydrogen-bond acceptors (Lipinski definition) is 7. The van der Waals surface area contributed by atoms with Crippen LogP contribution < -0.4 is 15.5 Å². The van der Waals surface area contributed by atoms with Crippen LogP contribution >= 0.6 is 0 Å². The van der Waals surface area contributed by atoms with Crippen LogP contribution in [0.25, 0.3) is 0 Å². The smallest absolute Gasteiger partial charge is 0.262 e. The molecule has 1 saturated heterocycles. The van der Waals surface area contributed by atoms with Gasteiger partial charge in [-0.2, -0.15) is 0 Å². The highest BCUT2D eigenvalue weighted by Crippen LogP contribution is 2.35. The Hall–Kier alpha value is -4.08. The lowest BCUT2D eigenvalue weighted by Crippen LogP contribution is -2.47. The van der Waals surface area contributed by atoms with E-state index >= 15 is 0 Å². The molecule has 8 nitrogen and oxygen atoms in total. The molecule has 1 aliphatic carbocycles. The van der Waals surface area contributed by atoms with Crippen molar-refractivity contribution >= 4 is 23.2 Å². The summed E-state index contributed by atoms with van der Waals surface area (Å²) in [5.74, 6) is 0.488. The number of nitrogens with zero attached hydrogens (tertiary/aromatic N) is 5. The molecule has 1 amide bonds. The topological polar surface area (TPSA) is 76.6 Å². The molecular weight excluding hydrogens is 505 g/mol. The zero-order chi connectivity index (χ0) is 27.5. The van der Waals surface area contributed by atoms with Crippen LogP contribution in [0, 0.1) is 12.7 Å². The molecule has 0 atom stereocenters. The summed E-state index contributed by atoms with van der Waals surface area (Å²) in [5, 5.41) is 6.78. The van der Waals surface area contributed by atoms with Gasteiger partial charge < -0.3 is 20.4 Å². The van der Waals surface area contributed by atoms with E-state index < -0.39 is 0 Å². The average Bonchev–Trinajstić information content (AvgIpc) is 3.49. The second kappa shape index (κ2) is 11.6. The summed E-state index contributed by atoms with van der Waals surface area (Å²) < 4.78 is 14.1. The van der Waals surface area contributed by atoms with Crippen molar-refractivity contribution in [1.29, 1.82) is 0 Å². The van der Waals surface area contributed by atoms with E-state index in [2.05, 4.69) is 48.6 Å². The number of amides is 1. The van der Waals surface area contributed by atoms with Crippen molar-refractivity contribution < 1.29 is 9.18 Å². The van der Waals surface area contributed by atoms with E-state index in [-0.39, 0.29) is 18.3 Å². The van der Waals surface area contributed by atoms with Gasteiger partial charge in [0.1, 0.15) is 11.6 Å². The quantitative estimate of drug-likeness (QED) is 0.412. The fourth-order valence-electron chi connectivity index (χ4n) is 5.47. The lowest BCUT2D eigenvalue weighted by Gasteiger charge is -2.36. The van der Waals surface area contributed by atoms with Crippen LogP contribution in [0.4, 0.5) is 21.7 Å². The Labute approximate surface area is 234 Å². The third-order valence-electron chi connectivity index (χ3n) is 7.84. The number of anilines is 3. The molecule has 1 fully saturated rings. The van der Waals surface area contributed by atoms with Crippen molar-refractivity contribution in [3.8, 4) is 0 Å². The van der Waals surface area contributed by atoms with E-state index in [1.807, 2.05) is 19.2 Å². The normalized spacial score (nSPS) is 16.9. The standard InChI is InChI=1S/C31H34FN7O/c1-22-8-9-25(32)18-24(22)21-39-28-17-23(20-35-30(28)36-29-27(31(39)40)7-4-10-34-29)19-33-11-12-37-13-15-38(16-14-37)26-5-2-3-6-26/h2-5,7-10,17-18,20,33H,6,11-16,19,21H2,1H3,(H,34,35,36). The molecule has 0 bridgehead atoms. The van der Waals surface area contributed by atoms with Crippen LogP contribution in [0.5, 0.6) is 0 Å². The van der Waals surface area contributed by atoms with Gasteiger partial charge in [-0.15, -0.1) is 0 Å². The monoisotopic (exact) mass is 539 g/mol. The molecule has 9 heteroatoms. The van der Waals surface area contributed by atoms with E-state index in [1.165, 1.54) is 17.8 Å². The number of hydrogen-bond donors (Lipinski definition) is 2. The SMILES string of the molecule is Cc1ccc(F)cc1CN1C(=O)c2cccnc2Nc2ncc(CNCCN3CCN(C4=CC=CC4)CC3)cc21. The number of carbonyl (C=O) groups excluding carboxylic acids is 1. The number of pyridine rings is 2. The number of rotatable bonds is 8. The Balaban J connectivity index is 1.13. The van der Waals surface area contributed by atoms with Crippen LogP contribution in [0.15, 0.2) is 72.7 Å². The summed E-state index contributed by atoms with van der Waals surface area (Å²) >= 11 is 0. The number of aromatic nitrogens is 2. The number of aryl methyl sites for hydroxylation is 1. The maximum Gasteiger partial charge on any atom is 0.262 e. The first-order chi connectivity index (χ1) is 19.5. The largest absolute Gasteiger partial charge is 0.372 e. The molecule has 0 unspecified atom stereocenters. The molecule has 3 aromatic rings. The number of benzene rings is 1. The maximum absolute atomic E-state index is 14.1. The molecule has 0 saturated carbocycles. The zero-order valence-electron chi connectivity index (χ0n) is 22.7. The lowest BCUT2D eigenvalue weighted by atomic mass is 10.1. The lowest BCUT2D eigenvalue weighted by molar-refractivity contribution is 0.0986. The van der Waals surface area contributed by atoms with Gasteiger partial charge >= 0.3 is 0 Å². The molecule has 2 N–H and O–H groups in total. The molecule has 3 aliphatic rings. The van der Waals surface area contributed by atoms with Crippen molar-refractivity contribution in [2.24, 2.45) is 0 Å². The van der Waals surface area contributed by atoms with Gasteiger partial charge in [0.15, 0.2) is 5.82 Å². The van der Waals surface area contributed by atoms with E-state index in [4.69, 9.17) is 0 Å². The molecule has 6 rings (SSSR count). The molecule has 1 aromatic carbocycles. The second-order valence-corrected chi connectivity index (χ2v) is 10.5. The molecule has 0 radical (unpaired) electrons. The molecule has 4 heterocycles. The number of piperazine rings is 1. The number of halogens is 1. The molecule has 206 valence electrons. The van der Waals surface area contributed by atoms with Crippen LogP contribution in [0.1, 0.15) is 33.5 Å². The minimum Gasteiger partial charge on any atom is -0.372 e. The summed E-state index contributed by atoms with van der Waals surface area (Å²) in [4.78, 5) is 29.5. The van der Waals surface area contributed by atoms with Crippen molar-refractivity contribution in [3.05, 3.63) is 101 Å². The molecule has 2 aromatic heterocycles. The van der Waals surface area contributed by atoms with E-state index in [0.717, 1.165) is 62.4 Å². The summed E-state index contributed by atoms with van der Waals surface area (Å²) in [7, 11) is 0. The first-order valence-corrected chi connectivity index (χ1v) is 13.9. The Bertz CT molecular complexity index is 1460. The highest BCUT2D eigenvalue weighted by Gasteiger charge is 2.29. The van der Waals surface area contributed by atoms with Gasteiger partial charge in [0.2, 0.25) is 0 Å². The van der Waals surface area contributed by atoms with Crippen molar-refractivity contribution in [1.82, 2.24) is 25.1 Å². The minimum absolute atomic E-state index is 0.201. The number of fused-ring (bicyclic) bond motifs is 2. The van der Waals surface area contributed by atoms with Crippen LogP contribution in [-0.2, 0) is 13.1 Å². The van der Waals surface area contributed by atoms with Gasteiger partial charge in [-0.05, 0) is 60.0 Å². The summed E-state index contributed by atoms with van der Waals surface area (Å²) in [6.07, 6.45) is 11.1. The first-order valence-electron chi connectivity index (χ1n) is 13.9. The van der Waals surface area contributed by atoms with E-state index in [0.29, 0.717) is 29.4 Å². The van der Waals surface area contributed by atoms with Crippen molar-refractivity contribution in [3.63, 3.8) is 0 Å². The molecule has 40 heavy (non-hydrogen) atoms. The average molecular weight is 540 g/mol. The van der Waals surface area contributed by atoms with E-state index in [1.54, 1.807) is 29.3 Å². The number of carbonyl (C=O) groups is 1. The Kier molecular flexibility index (Phi) is 7.57. The van der Waals surface area contributed by atoms with Crippen molar-refractivity contribution in [2.75, 3.05) is 49.5 Å². The molecular formula is C31H34FN7O. The summed E-state index contributed by atoms with van der Waals surface area (Å²) in [5.41, 5.74) is 5.17. The minimum atomic E-state index is -0.326. The van der Waals surface area contributed by atoms with Gasteiger partial charge in [-0.3, -0.25) is 9.69 Å².